The second-order valence-electron chi connectivity index (χ2n) is 3.14. The first-order valence-corrected chi connectivity index (χ1v) is 4.35. The third-order valence-corrected chi connectivity index (χ3v) is 2.01. The predicted octanol–water partition coefficient (Wildman–Crippen LogP) is 1.90. The SMILES string of the molecule is CCC(=O)N(C)CC(C)CC. The normalized spacial score (nSPS) is 12.7. The van der Waals surface area contributed by atoms with Gasteiger partial charge in [-0.3, -0.25) is 4.79 Å². The first kappa shape index (κ1) is 10.5. The molecule has 0 aromatic heterocycles. The van der Waals surface area contributed by atoms with Crippen LogP contribution in [-0.4, -0.2) is 24.4 Å². The lowest BCUT2D eigenvalue weighted by atomic mass is 10.1. The number of carbonyl (C=O) groups excluding carboxylic acids is 1. The minimum atomic E-state index is 0.241. The standard InChI is InChI=1S/C9H19NO/c1-5-8(3)7-10(4)9(11)6-2/h8H,5-7H2,1-4H3. The van der Waals surface area contributed by atoms with Crippen molar-refractivity contribution >= 4 is 5.91 Å². The summed E-state index contributed by atoms with van der Waals surface area (Å²) >= 11 is 0. The molecule has 0 fully saturated rings. The Hall–Kier alpha value is -0.530. The molecule has 1 amide bonds. The Balaban J connectivity index is 3.67. The van der Waals surface area contributed by atoms with Gasteiger partial charge in [0.25, 0.3) is 0 Å². The summed E-state index contributed by atoms with van der Waals surface area (Å²) in [6.07, 6.45) is 1.76. The van der Waals surface area contributed by atoms with Gasteiger partial charge in [-0.25, -0.2) is 0 Å². The first-order chi connectivity index (χ1) is 5.11. The number of hydrogen-bond donors (Lipinski definition) is 0. The third kappa shape index (κ3) is 4.02. The highest BCUT2D eigenvalue weighted by atomic mass is 16.2. The van der Waals surface area contributed by atoms with Crippen LogP contribution >= 0.6 is 0 Å². The zero-order valence-corrected chi connectivity index (χ0v) is 8.05. The molecule has 0 spiro atoms. The van der Waals surface area contributed by atoms with E-state index in [0.29, 0.717) is 12.3 Å². The van der Waals surface area contributed by atoms with Crippen LogP contribution in [0.2, 0.25) is 0 Å². The molecule has 0 aliphatic heterocycles. The van der Waals surface area contributed by atoms with E-state index < -0.39 is 0 Å². The van der Waals surface area contributed by atoms with Gasteiger partial charge in [-0.1, -0.05) is 27.2 Å². The Bertz CT molecular complexity index is 123. The van der Waals surface area contributed by atoms with Crippen LogP contribution in [0.15, 0.2) is 0 Å². The third-order valence-electron chi connectivity index (χ3n) is 2.01. The van der Waals surface area contributed by atoms with Crippen LogP contribution in [0.3, 0.4) is 0 Å². The zero-order valence-electron chi connectivity index (χ0n) is 8.05. The Morgan fingerprint density at radius 1 is 1.45 bits per heavy atom. The molecule has 0 aliphatic rings. The van der Waals surface area contributed by atoms with Crippen LogP contribution in [-0.2, 0) is 4.79 Å². The molecule has 11 heavy (non-hydrogen) atoms. The molecule has 2 nitrogen and oxygen atoms in total. The van der Waals surface area contributed by atoms with Crippen LogP contribution in [0, 0.1) is 5.92 Å². The molecule has 0 saturated heterocycles. The number of carbonyl (C=O) groups is 1. The van der Waals surface area contributed by atoms with Crippen molar-refractivity contribution in [2.24, 2.45) is 5.92 Å². The summed E-state index contributed by atoms with van der Waals surface area (Å²) in [6, 6.07) is 0. The maximum atomic E-state index is 11.1. The van der Waals surface area contributed by atoms with Crippen molar-refractivity contribution in [2.75, 3.05) is 13.6 Å². The molecule has 66 valence electrons. The van der Waals surface area contributed by atoms with Gasteiger partial charge in [-0.05, 0) is 5.92 Å². The smallest absolute Gasteiger partial charge is 0.222 e. The molecule has 1 atom stereocenters. The van der Waals surface area contributed by atoms with Crippen LogP contribution in [0.4, 0.5) is 0 Å². The quantitative estimate of drug-likeness (QED) is 0.610. The fourth-order valence-electron chi connectivity index (χ4n) is 0.968. The van der Waals surface area contributed by atoms with E-state index in [9.17, 15) is 4.79 Å². The average molecular weight is 157 g/mol. The van der Waals surface area contributed by atoms with Crippen molar-refractivity contribution in [2.45, 2.75) is 33.6 Å². The van der Waals surface area contributed by atoms with E-state index in [1.807, 2.05) is 18.9 Å². The van der Waals surface area contributed by atoms with Gasteiger partial charge in [-0.2, -0.15) is 0 Å². The second kappa shape index (κ2) is 5.16. The van der Waals surface area contributed by atoms with Crippen molar-refractivity contribution in [3.8, 4) is 0 Å². The van der Waals surface area contributed by atoms with Gasteiger partial charge in [0.05, 0.1) is 0 Å². The molecule has 0 aromatic rings. The van der Waals surface area contributed by atoms with Gasteiger partial charge in [0.2, 0.25) is 5.91 Å². The molecule has 2 heteroatoms. The molecule has 0 aliphatic carbocycles. The van der Waals surface area contributed by atoms with E-state index in [1.165, 1.54) is 0 Å². The summed E-state index contributed by atoms with van der Waals surface area (Å²) in [5, 5.41) is 0. The first-order valence-electron chi connectivity index (χ1n) is 4.35. The Kier molecular flexibility index (Phi) is 4.92. The fraction of sp³-hybridized carbons (Fsp3) is 0.889. The highest BCUT2D eigenvalue weighted by molar-refractivity contribution is 5.75. The minimum Gasteiger partial charge on any atom is -0.346 e. The number of nitrogens with zero attached hydrogens (tertiary/aromatic N) is 1. The molecule has 0 bridgehead atoms. The summed E-state index contributed by atoms with van der Waals surface area (Å²) in [5.41, 5.74) is 0. The number of rotatable bonds is 4. The summed E-state index contributed by atoms with van der Waals surface area (Å²) in [6.45, 7) is 7.10. The van der Waals surface area contributed by atoms with E-state index in [4.69, 9.17) is 0 Å². The molecule has 0 aromatic carbocycles. The number of hydrogen-bond acceptors (Lipinski definition) is 1. The predicted molar refractivity (Wildman–Crippen MR) is 47.4 cm³/mol. The number of amides is 1. The van der Waals surface area contributed by atoms with E-state index in [-0.39, 0.29) is 5.91 Å². The van der Waals surface area contributed by atoms with Crippen molar-refractivity contribution in [1.82, 2.24) is 4.90 Å². The average Bonchev–Trinajstić information content (AvgIpc) is 2.02. The van der Waals surface area contributed by atoms with E-state index >= 15 is 0 Å². The summed E-state index contributed by atoms with van der Waals surface area (Å²) in [7, 11) is 1.87. The highest BCUT2D eigenvalue weighted by Gasteiger charge is 2.08. The lowest BCUT2D eigenvalue weighted by Crippen LogP contribution is -2.30. The summed E-state index contributed by atoms with van der Waals surface area (Å²) < 4.78 is 0. The van der Waals surface area contributed by atoms with Gasteiger partial charge >= 0.3 is 0 Å². The Labute approximate surface area is 69.6 Å². The summed E-state index contributed by atoms with van der Waals surface area (Å²) in [5.74, 6) is 0.862. The Morgan fingerprint density at radius 3 is 2.36 bits per heavy atom. The van der Waals surface area contributed by atoms with Gasteiger partial charge < -0.3 is 4.90 Å². The van der Waals surface area contributed by atoms with Crippen molar-refractivity contribution in [3.05, 3.63) is 0 Å². The molecule has 0 radical (unpaired) electrons. The van der Waals surface area contributed by atoms with Gasteiger partial charge in [0, 0.05) is 20.0 Å². The molecule has 0 N–H and O–H groups in total. The Morgan fingerprint density at radius 2 is 2.00 bits per heavy atom. The van der Waals surface area contributed by atoms with Gasteiger partial charge in [-0.15, -0.1) is 0 Å². The van der Waals surface area contributed by atoms with Crippen LogP contribution < -0.4 is 0 Å². The lowest BCUT2D eigenvalue weighted by Gasteiger charge is -2.19. The van der Waals surface area contributed by atoms with Crippen LogP contribution in [0.1, 0.15) is 33.6 Å². The van der Waals surface area contributed by atoms with E-state index in [2.05, 4.69) is 13.8 Å². The highest BCUT2D eigenvalue weighted by Crippen LogP contribution is 2.03. The van der Waals surface area contributed by atoms with Gasteiger partial charge in [0.15, 0.2) is 0 Å². The second-order valence-corrected chi connectivity index (χ2v) is 3.14. The molecule has 0 heterocycles. The van der Waals surface area contributed by atoms with E-state index in [1.54, 1.807) is 0 Å². The van der Waals surface area contributed by atoms with Crippen molar-refractivity contribution in [3.63, 3.8) is 0 Å². The van der Waals surface area contributed by atoms with E-state index in [0.717, 1.165) is 13.0 Å². The maximum absolute atomic E-state index is 11.1. The van der Waals surface area contributed by atoms with Gasteiger partial charge in [0.1, 0.15) is 0 Å². The molecular formula is C9H19NO. The molecular weight excluding hydrogens is 138 g/mol. The van der Waals surface area contributed by atoms with Crippen molar-refractivity contribution < 1.29 is 4.79 Å². The molecule has 0 rings (SSSR count). The largest absolute Gasteiger partial charge is 0.346 e. The minimum absolute atomic E-state index is 0.241. The molecule has 0 saturated carbocycles. The zero-order chi connectivity index (χ0) is 8.85. The lowest BCUT2D eigenvalue weighted by molar-refractivity contribution is -0.130. The maximum Gasteiger partial charge on any atom is 0.222 e. The fourth-order valence-corrected chi connectivity index (χ4v) is 0.968. The summed E-state index contributed by atoms with van der Waals surface area (Å²) in [4.78, 5) is 12.9. The molecule has 1 unspecified atom stereocenters. The topological polar surface area (TPSA) is 20.3 Å². The van der Waals surface area contributed by atoms with Crippen LogP contribution in [0.25, 0.3) is 0 Å². The monoisotopic (exact) mass is 157 g/mol. The van der Waals surface area contributed by atoms with Crippen LogP contribution in [0.5, 0.6) is 0 Å². The van der Waals surface area contributed by atoms with Crippen molar-refractivity contribution in [1.29, 1.82) is 0 Å².